The Morgan fingerprint density at radius 3 is 2.59 bits per heavy atom. The molecule has 32 heavy (non-hydrogen) atoms. The van der Waals surface area contributed by atoms with E-state index in [0.717, 1.165) is 13.0 Å². The summed E-state index contributed by atoms with van der Waals surface area (Å²) < 4.78 is 40.4. The fourth-order valence-corrected chi connectivity index (χ4v) is 4.07. The Kier molecular flexibility index (Phi) is 7.72. The molecular weight excluding hydrogens is 432 g/mol. The summed E-state index contributed by atoms with van der Waals surface area (Å²) in [7, 11) is -2.23. The minimum absolute atomic E-state index is 0.0992. The molecule has 0 fully saturated rings. The van der Waals surface area contributed by atoms with E-state index < -0.39 is 10.0 Å². The quantitative estimate of drug-likeness (QED) is 0.427. The molecule has 0 bridgehead atoms. The third-order valence-electron chi connectivity index (χ3n) is 4.63. The van der Waals surface area contributed by atoms with Crippen molar-refractivity contribution in [3.63, 3.8) is 0 Å². The van der Waals surface area contributed by atoms with Crippen molar-refractivity contribution in [2.45, 2.75) is 24.8 Å². The predicted octanol–water partition coefficient (Wildman–Crippen LogP) is 2.59. The van der Waals surface area contributed by atoms with E-state index in [9.17, 15) is 13.2 Å². The highest BCUT2D eigenvalue weighted by atomic mass is 32.2. The maximum atomic E-state index is 12.7. The average molecular weight is 459 g/mol. The lowest BCUT2D eigenvalue weighted by atomic mass is 10.2. The van der Waals surface area contributed by atoms with Crippen molar-refractivity contribution < 1.29 is 22.7 Å². The van der Waals surface area contributed by atoms with Crippen molar-refractivity contribution in [1.29, 1.82) is 0 Å². The van der Waals surface area contributed by atoms with E-state index in [1.54, 1.807) is 56.9 Å². The van der Waals surface area contributed by atoms with E-state index in [1.807, 2.05) is 10.8 Å². The number of rotatable bonds is 11. The van der Waals surface area contributed by atoms with Crippen LogP contribution in [-0.2, 0) is 21.4 Å². The van der Waals surface area contributed by atoms with Gasteiger partial charge >= 0.3 is 0 Å². The molecule has 1 heterocycles. The van der Waals surface area contributed by atoms with Crippen molar-refractivity contribution in [1.82, 2.24) is 14.9 Å². The van der Waals surface area contributed by atoms with Gasteiger partial charge in [0.2, 0.25) is 0 Å². The van der Waals surface area contributed by atoms with E-state index in [0.29, 0.717) is 29.3 Å². The normalized spacial score (nSPS) is 11.1. The lowest BCUT2D eigenvalue weighted by Gasteiger charge is -2.13. The highest BCUT2D eigenvalue weighted by Crippen LogP contribution is 2.24. The number of aromatic nitrogens is 2. The molecule has 0 saturated heterocycles. The lowest BCUT2D eigenvalue weighted by Crippen LogP contribution is -2.30. The number of sulfonamides is 1. The van der Waals surface area contributed by atoms with Gasteiger partial charge in [0, 0.05) is 31.2 Å². The molecule has 0 aliphatic carbocycles. The standard InChI is InChI=1S/C22H26N4O5S/c1-17-14-20(32(28,29)25-18-4-6-19(30-2)7-5-18)8-9-21(17)31-15-22(27)24-10-3-12-26-13-11-23-16-26/h4-9,11,13-14,16,25H,3,10,12,15H2,1-2H3,(H,24,27). The summed E-state index contributed by atoms with van der Waals surface area (Å²) in [6.07, 6.45) is 6.07. The maximum absolute atomic E-state index is 12.7. The summed E-state index contributed by atoms with van der Waals surface area (Å²) in [5.41, 5.74) is 1.03. The number of amides is 1. The van der Waals surface area contributed by atoms with Gasteiger partial charge in [0.15, 0.2) is 6.61 Å². The molecule has 10 heteroatoms. The van der Waals surface area contributed by atoms with Gasteiger partial charge in [-0.05, 0) is 61.4 Å². The molecule has 0 atom stereocenters. The molecule has 0 unspecified atom stereocenters. The van der Waals surface area contributed by atoms with Crippen LogP contribution in [0.1, 0.15) is 12.0 Å². The number of nitrogens with one attached hydrogen (secondary N) is 2. The van der Waals surface area contributed by atoms with Gasteiger partial charge in [0.25, 0.3) is 15.9 Å². The summed E-state index contributed by atoms with van der Waals surface area (Å²) in [5, 5.41) is 2.79. The molecule has 1 amide bonds. The Labute approximate surface area is 187 Å². The molecule has 3 aromatic rings. The number of imidazole rings is 1. The Hall–Kier alpha value is -3.53. The van der Waals surface area contributed by atoms with Crippen LogP contribution in [0.15, 0.2) is 66.1 Å². The number of anilines is 1. The van der Waals surface area contributed by atoms with Gasteiger partial charge in [-0.15, -0.1) is 0 Å². The second-order valence-electron chi connectivity index (χ2n) is 7.05. The predicted molar refractivity (Wildman–Crippen MR) is 120 cm³/mol. The first kappa shape index (κ1) is 23.1. The van der Waals surface area contributed by atoms with Crippen LogP contribution in [0.25, 0.3) is 0 Å². The van der Waals surface area contributed by atoms with Crippen LogP contribution < -0.4 is 19.5 Å². The summed E-state index contributed by atoms with van der Waals surface area (Å²) in [4.78, 5) is 16.1. The largest absolute Gasteiger partial charge is 0.497 e. The van der Waals surface area contributed by atoms with Crippen molar-refractivity contribution in [2.75, 3.05) is 25.0 Å². The van der Waals surface area contributed by atoms with Crippen LogP contribution in [0.3, 0.4) is 0 Å². The number of nitrogens with zero attached hydrogens (tertiary/aromatic N) is 2. The number of aryl methyl sites for hydroxylation is 2. The smallest absolute Gasteiger partial charge is 0.261 e. The van der Waals surface area contributed by atoms with Crippen molar-refractivity contribution in [2.24, 2.45) is 0 Å². The Bertz CT molecular complexity index is 1130. The number of hydrogen-bond acceptors (Lipinski definition) is 6. The van der Waals surface area contributed by atoms with Crippen molar-refractivity contribution in [3.05, 3.63) is 66.7 Å². The Morgan fingerprint density at radius 2 is 1.94 bits per heavy atom. The first-order valence-corrected chi connectivity index (χ1v) is 11.5. The van der Waals surface area contributed by atoms with E-state index in [4.69, 9.17) is 9.47 Å². The molecule has 0 spiro atoms. The Balaban J connectivity index is 1.50. The van der Waals surface area contributed by atoms with Gasteiger partial charge in [-0.1, -0.05) is 0 Å². The minimum atomic E-state index is -3.77. The maximum Gasteiger partial charge on any atom is 0.261 e. The molecular formula is C22H26N4O5S. The molecule has 2 N–H and O–H groups in total. The zero-order valence-electron chi connectivity index (χ0n) is 17.9. The summed E-state index contributed by atoms with van der Waals surface area (Å²) in [6, 6.07) is 11.1. The molecule has 0 aliphatic heterocycles. The number of carbonyl (C=O) groups is 1. The van der Waals surface area contributed by atoms with Crippen LogP contribution in [-0.4, -0.2) is 44.1 Å². The highest BCUT2D eigenvalue weighted by molar-refractivity contribution is 7.92. The second-order valence-corrected chi connectivity index (χ2v) is 8.74. The van der Waals surface area contributed by atoms with Gasteiger partial charge in [-0.3, -0.25) is 9.52 Å². The third kappa shape index (κ3) is 6.48. The first-order valence-electron chi connectivity index (χ1n) is 10.00. The highest BCUT2D eigenvalue weighted by Gasteiger charge is 2.16. The zero-order valence-corrected chi connectivity index (χ0v) is 18.8. The SMILES string of the molecule is COc1ccc(NS(=O)(=O)c2ccc(OCC(=O)NCCCn3ccnc3)c(C)c2)cc1. The molecule has 3 rings (SSSR count). The van der Waals surface area contributed by atoms with E-state index in [1.165, 1.54) is 12.1 Å². The fraction of sp³-hybridized carbons (Fsp3) is 0.273. The molecule has 1 aromatic heterocycles. The molecule has 170 valence electrons. The van der Waals surface area contributed by atoms with E-state index in [2.05, 4.69) is 15.0 Å². The summed E-state index contributed by atoms with van der Waals surface area (Å²) in [5.74, 6) is 0.836. The van der Waals surface area contributed by atoms with Gasteiger partial charge in [-0.2, -0.15) is 0 Å². The summed E-state index contributed by atoms with van der Waals surface area (Å²) in [6.45, 7) is 2.86. The van der Waals surface area contributed by atoms with Gasteiger partial charge < -0.3 is 19.4 Å². The van der Waals surface area contributed by atoms with Crippen LogP contribution >= 0.6 is 0 Å². The first-order chi connectivity index (χ1) is 15.4. The van der Waals surface area contributed by atoms with E-state index in [-0.39, 0.29) is 17.4 Å². The third-order valence-corrected chi connectivity index (χ3v) is 6.01. The number of ether oxygens (including phenoxy) is 2. The van der Waals surface area contributed by atoms with Gasteiger partial charge in [0.05, 0.1) is 18.3 Å². The fourth-order valence-electron chi connectivity index (χ4n) is 2.93. The monoisotopic (exact) mass is 458 g/mol. The van der Waals surface area contributed by atoms with Crippen LogP contribution in [0, 0.1) is 6.92 Å². The van der Waals surface area contributed by atoms with Crippen LogP contribution in [0.4, 0.5) is 5.69 Å². The molecule has 9 nitrogen and oxygen atoms in total. The number of benzene rings is 2. The van der Waals surface area contributed by atoms with Crippen LogP contribution in [0.5, 0.6) is 11.5 Å². The molecule has 0 saturated carbocycles. The molecule has 0 aliphatic rings. The van der Waals surface area contributed by atoms with Crippen molar-refractivity contribution in [3.8, 4) is 11.5 Å². The lowest BCUT2D eigenvalue weighted by molar-refractivity contribution is -0.123. The van der Waals surface area contributed by atoms with Crippen molar-refractivity contribution >= 4 is 21.6 Å². The van der Waals surface area contributed by atoms with E-state index >= 15 is 0 Å². The van der Waals surface area contributed by atoms with Crippen LogP contribution in [0.2, 0.25) is 0 Å². The number of carbonyl (C=O) groups excluding carboxylic acids is 1. The van der Waals surface area contributed by atoms with Gasteiger partial charge in [-0.25, -0.2) is 13.4 Å². The number of hydrogen-bond donors (Lipinski definition) is 2. The second kappa shape index (κ2) is 10.7. The van der Waals surface area contributed by atoms with Gasteiger partial charge in [0.1, 0.15) is 11.5 Å². The number of methoxy groups -OCH3 is 1. The summed E-state index contributed by atoms with van der Waals surface area (Å²) >= 11 is 0. The average Bonchev–Trinajstić information content (AvgIpc) is 3.30. The Morgan fingerprint density at radius 1 is 1.16 bits per heavy atom. The topological polar surface area (TPSA) is 112 Å². The molecule has 0 radical (unpaired) electrons. The zero-order chi connectivity index (χ0) is 23.0. The molecule has 2 aromatic carbocycles. The minimum Gasteiger partial charge on any atom is -0.497 e.